The van der Waals surface area contributed by atoms with Crippen LogP contribution in [0.1, 0.15) is 0 Å². The Balaban J connectivity index is 2.17. The summed E-state index contributed by atoms with van der Waals surface area (Å²) in [5.74, 6) is -0.290. The lowest BCUT2D eigenvalue weighted by atomic mass is 10.3. The van der Waals surface area contributed by atoms with Crippen LogP contribution in [0.3, 0.4) is 0 Å². The van der Waals surface area contributed by atoms with Crippen LogP contribution >= 0.6 is 12.2 Å². The predicted molar refractivity (Wildman–Crippen MR) is 67.5 cm³/mol. The molecule has 0 saturated carbocycles. The first-order valence-electron chi connectivity index (χ1n) is 5.20. The molecule has 17 heavy (non-hydrogen) atoms. The molecule has 1 fully saturated rings. The van der Waals surface area contributed by atoms with Gasteiger partial charge in [-0.3, -0.25) is 4.90 Å². The number of anilines is 1. The second kappa shape index (κ2) is 4.67. The third kappa shape index (κ3) is 2.21. The summed E-state index contributed by atoms with van der Waals surface area (Å²) in [4.78, 5) is 14.8. The van der Waals surface area contributed by atoms with Gasteiger partial charge in [0.15, 0.2) is 5.11 Å². The Bertz CT molecular complexity index is 449. The normalized spacial score (nSPS) is 15.3. The van der Waals surface area contributed by atoms with Crippen molar-refractivity contribution in [1.82, 2.24) is 10.2 Å². The maximum Gasteiger partial charge on any atom is 0.323 e. The van der Waals surface area contributed by atoms with Gasteiger partial charge in [0.2, 0.25) is 0 Å². The topological polar surface area (TPSA) is 35.6 Å². The maximum absolute atomic E-state index is 12.8. The number of rotatable bonds is 1. The molecule has 6 heteroatoms. The van der Waals surface area contributed by atoms with E-state index in [0.717, 1.165) is 5.69 Å². The van der Waals surface area contributed by atoms with Crippen molar-refractivity contribution in [3.05, 3.63) is 30.1 Å². The van der Waals surface area contributed by atoms with E-state index in [0.29, 0.717) is 18.2 Å². The molecule has 2 amide bonds. The highest BCUT2D eigenvalue weighted by Gasteiger charge is 2.29. The molecule has 0 radical (unpaired) electrons. The van der Waals surface area contributed by atoms with Crippen molar-refractivity contribution in [3.63, 3.8) is 0 Å². The number of halogens is 1. The van der Waals surface area contributed by atoms with Crippen molar-refractivity contribution in [2.45, 2.75) is 0 Å². The van der Waals surface area contributed by atoms with Gasteiger partial charge in [-0.25, -0.2) is 9.18 Å². The molecular weight excluding hydrogens is 241 g/mol. The molecule has 0 aliphatic carbocycles. The van der Waals surface area contributed by atoms with E-state index in [1.54, 1.807) is 19.2 Å². The summed E-state index contributed by atoms with van der Waals surface area (Å²) in [6, 6.07) is 5.82. The fourth-order valence-electron chi connectivity index (χ4n) is 1.72. The van der Waals surface area contributed by atoms with E-state index in [1.807, 2.05) is 4.90 Å². The molecule has 1 N–H and O–H groups in total. The molecular formula is C11H12FN3OS. The molecule has 1 aromatic carbocycles. The fourth-order valence-corrected chi connectivity index (χ4v) is 2.09. The van der Waals surface area contributed by atoms with Gasteiger partial charge in [0, 0.05) is 25.8 Å². The average molecular weight is 253 g/mol. The number of nitrogens with zero attached hydrogens (tertiary/aromatic N) is 2. The van der Waals surface area contributed by atoms with Crippen molar-refractivity contribution < 1.29 is 9.18 Å². The summed E-state index contributed by atoms with van der Waals surface area (Å²) in [6.07, 6.45) is 0. The zero-order valence-electron chi connectivity index (χ0n) is 9.31. The van der Waals surface area contributed by atoms with Gasteiger partial charge in [0.1, 0.15) is 5.82 Å². The number of thiocarbonyl (C=S) groups is 1. The highest BCUT2D eigenvalue weighted by molar-refractivity contribution is 7.80. The number of amides is 2. The first-order chi connectivity index (χ1) is 8.13. The molecule has 0 aromatic heterocycles. The Hall–Kier alpha value is -1.69. The van der Waals surface area contributed by atoms with Crippen molar-refractivity contribution in [3.8, 4) is 0 Å². The Morgan fingerprint density at radius 2 is 2.00 bits per heavy atom. The van der Waals surface area contributed by atoms with E-state index in [9.17, 15) is 9.18 Å². The monoisotopic (exact) mass is 253 g/mol. The average Bonchev–Trinajstić information content (AvgIpc) is 2.71. The van der Waals surface area contributed by atoms with Crippen molar-refractivity contribution in [2.24, 2.45) is 0 Å². The third-order valence-corrected chi connectivity index (χ3v) is 3.05. The highest BCUT2D eigenvalue weighted by Crippen LogP contribution is 2.20. The van der Waals surface area contributed by atoms with E-state index in [2.05, 4.69) is 5.32 Å². The number of carbonyl (C=O) groups excluding carboxylic acids is 1. The SMILES string of the molecule is CNC(=O)N1CCN(c2ccc(F)cc2)C1=S. The number of nitrogens with one attached hydrogen (secondary N) is 1. The molecule has 0 unspecified atom stereocenters. The number of hydrogen-bond donors (Lipinski definition) is 1. The van der Waals surface area contributed by atoms with Gasteiger partial charge in [-0.1, -0.05) is 0 Å². The minimum atomic E-state index is -0.290. The van der Waals surface area contributed by atoms with E-state index in [-0.39, 0.29) is 11.8 Å². The van der Waals surface area contributed by atoms with Crippen molar-refractivity contribution in [1.29, 1.82) is 0 Å². The van der Waals surface area contributed by atoms with Crippen LogP contribution < -0.4 is 10.2 Å². The highest BCUT2D eigenvalue weighted by atomic mass is 32.1. The van der Waals surface area contributed by atoms with E-state index in [4.69, 9.17) is 12.2 Å². The second-order valence-corrected chi connectivity index (χ2v) is 3.98. The minimum absolute atomic E-state index is 0.223. The molecule has 0 spiro atoms. The number of benzene rings is 1. The lowest BCUT2D eigenvalue weighted by Crippen LogP contribution is -2.41. The van der Waals surface area contributed by atoms with Crippen LogP contribution in [-0.4, -0.2) is 36.2 Å². The summed E-state index contributed by atoms with van der Waals surface area (Å²) >= 11 is 5.22. The smallest absolute Gasteiger partial charge is 0.323 e. The zero-order chi connectivity index (χ0) is 12.4. The van der Waals surface area contributed by atoms with Gasteiger partial charge in [0.25, 0.3) is 0 Å². The van der Waals surface area contributed by atoms with Crippen LogP contribution in [0.5, 0.6) is 0 Å². The first kappa shape index (κ1) is 11.8. The molecule has 1 aromatic rings. The van der Waals surface area contributed by atoms with Crippen LogP contribution in [0.25, 0.3) is 0 Å². The molecule has 1 aliphatic rings. The predicted octanol–water partition coefficient (Wildman–Crippen LogP) is 1.57. The van der Waals surface area contributed by atoms with Crippen LogP contribution in [0, 0.1) is 5.82 Å². The largest absolute Gasteiger partial charge is 0.341 e. The molecule has 0 atom stereocenters. The quantitative estimate of drug-likeness (QED) is 0.772. The molecule has 2 rings (SSSR count). The molecule has 1 aliphatic heterocycles. The van der Waals surface area contributed by atoms with Crippen LogP contribution in [-0.2, 0) is 0 Å². The van der Waals surface area contributed by atoms with E-state index in [1.165, 1.54) is 17.0 Å². The number of carbonyl (C=O) groups is 1. The number of urea groups is 1. The Morgan fingerprint density at radius 1 is 1.35 bits per heavy atom. The van der Waals surface area contributed by atoms with Gasteiger partial charge in [-0.2, -0.15) is 0 Å². The van der Waals surface area contributed by atoms with Gasteiger partial charge in [-0.15, -0.1) is 0 Å². The van der Waals surface area contributed by atoms with Crippen molar-refractivity contribution >= 4 is 29.0 Å². The second-order valence-electron chi connectivity index (χ2n) is 3.62. The van der Waals surface area contributed by atoms with Gasteiger partial charge < -0.3 is 10.2 Å². The molecule has 0 bridgehead atoms. The minimum Gasteiger partial charge on any atom is -0.341 e. The van der Waals surface area contributed by atoms with Crippen molar-refractivity contribution in [2.75, 3.05) is 25.0 Å². The number of hydrogen-bond acceptors (Lipinski definition) is 2. The Kier molecular flexibility index (Phi) is 3.23. The molecule has 4 nitrogen and oxygen atoms in total. The Labute approximate surface area is 104 Å². The summed E-state index contributed by atoms with van der Waals surface area (Å²) in [5, 5.41) is 2.97. The van der Waals surface area contributed by atoms with Crippen LogP contribution in [0.2, 0.25) is 0 Å². The Morgan fingerprint density at radius 3 is 2.59 bits per heavy atom. The van der Waals surface area contributed by atoms with Gasteiger partial charge in [-0.05, 0) is 36.5 Å². The standard InChI is InChI=1S/C11H12FN3OS/c1-13-10(16)15-7-6-14(11(15)17)9-4-2-8(12)3-5-9/h2-5H,6-7H2,1H3,(H,13,16). The lowest BCUT2D eigenvalue weighted by molar-refractivity contribution is 0.226. The molecule has 1 heterocycles. The summed E-state index contributed by atoms with van der Waals surface area (Å²) in [7, 11) is 1.56. The van der Waals surface area contributed by atoms with Gasteiger partial charge >= 0.3 is 6.03 Å². The summed E-state index contributed by atoms with van der Waals surface area (Å²) < 4.78 is 12.8. The van der Waals surface area contributed by atoms with E-state index >= 15 is 0 Å². The summed E-state index contributed by atoms with van der Waals surface area (Å²) in [6.45, 7) is 1.16. The van der Waals surface area contributed by atoms with Gasteiger partial charge in [0.05, 0.1) is 0 Å². The fraction of sp³-hybridized carbons (Fsp3) is 0.273. The molecule has 90 valence electrons. The maximum atomic E-state index is 12.8. The van der Waals surface area contributed by atoms with Crippen LogP contribution in [0.15, 0.2) is 24.3 Å². The third-order valence-electron chi connectivity index (χ3n) is 2.61. The summed E-state index contributed by atoms with van der Waals surface area (Å²) in [5.41, 5.74) is 0.794. The van der Waals surface area contributed by atoms with Crippen LogP contribution in [0.4, 0.5) is 14.9 Å². The molecule has 1 saturated heterocycles. The lowest BCUT2D eigenvalue weighted by Gasteiger charge is -2.20. The first-order valence-corrected chi connectivity index (χ1v) is 5.60. The van der Waals surface area contributed by atoms with E-state index < -0.39 is 0 Å². The zero-order valence-corrected chi connectivity index (χ0v) is 10.1.